The van der Waals surface area contributed by atoms with Crippen LogP contribution >= 0.6 is 0 Å². The third-order valence-electron chi connectivity index (χ3n) is 9.19. The summed E-state index contributed by atoms with van der Waals surface area (Å²) in [5.74, 6) is 0.586. The van der Waals surface area contributed by atoms with Gasteiger partial charge in [-0.3, -0.25) is 4.98 Å². The van der Waals surface area contributed by atoms with Gasteiger partial charge < -0.3 is 25.1 Å². The van der Waals surface area contributed by atoms with Crippen molar-refractivity contribution < 1.29 is 36.4 Å². The molecule has 0 saturated carbocycles. The van der Waals surface area contributed by atoms with Crippen LogP contribution in [0.15, 0.2) is 85.2 Å². The van der Waals surface area contributed by atoms with E-state index in [1.54, 1.807) is 12.4 Å². The summed E-state index contributed by atoms with van der Waals surface area (Å²) in [7, 11) is 0. The second-order valence-corrected chi connectivity index (χ2v) is 17.2. The minimum Gasteiger partial charge on any atom is -0.507 e. The number of aromatic hydroxyl groups is 2. The molecular weight excluding hydrogens is 704 g/mol. The van der Waals surface area contributed by atoms with Crippen molar-refractivity contribution in [1.82, 2.24) is 9.97 Å². The molecule has 0 saturated heterocycles. The van der Waals surface area contributed by atoms with Crippen molar-refractivity contribution in [3.63, 3.8) is 0 Å². The molecule has 4 aromatic carbocycles. The summed E-state index contributed by atoms with van der Waals surface area (Å²) in [6, 6.07) is 24.7. The van der Waals surface area contributed by atoms with Gasteiger partial charge in [-0.15, -0.1) is 0 Å². The smallest absolute Gasteiger partial charge is 0.127 e. The third kappa shape index (κ3) is 9.09. The third-order valence-corrected chi connectivity index (χ3v) is 9.19. The molecule has 5 aromatic rings. The molecule has 0 amide bonds. The normalized spacial score (nSPS) is 12.0. The van der Waals surface area contributed by atoms with Crippen molar-refractivity contribution in [2.45, 2.75) is 105 Å². The predicted molar refractivity (Wildman–Crippen MR) is 215 cm³/mol. The molecule has 0 aliphatic heterocycles. The van der Waals surface area contributed by atoms with Gasteiger partial charge >= 0.3 is 0 Å². The Morgan fingerprint density at radius 1 is 0.431 bits per heavy atom. The van der Waals surface area contributed by atoms with Crippen LogP contribution in [0.2, 0.25) is 0 Å². The largest absolute Gasteiger partial charge is 0.507 e. The van der Waals surface area contributed by atoms with Gasteiger partial charge in [0, 0.05) is 59.6 Å². The second-order valence-electron chi connectivity index (χ2n) is 17.2. The summed E-state index contributed by atoms with van der Waals surface area (Å²) in [6.07, 6.45) is 3.57. The van der Waals surface area contributed by atoms with E-state index in [2.05, 4.69) is 119 Å². The summed E-state index contributed by atoms with van der Waals surface area (Å²) in [4.78, 5) is 9.90. The molecule has 2 N–H and O–H groups in total. The van der Waals surface area contributed by atoms with E-state index in [4.69, 9.17) is 9.97 Å². The van der Waals surface area contributed by atoms with Crippen molar-refractivity contribution in [3.8, 4) is 56.3 Å². The maximum absolute atomic E-state index is 11.8. The Morgan fingerprint density at radius 2 is 0.745 bits per heavy atom. The van der Waals surface area contributed by atoms with Crippen molar-refractivity contribution in [3.05, 3.63) is 122 Å². The summed E-state index contributed by atoms with van der Waals surface area (Å²) < 4.78 is 0. The topological polar surface area (TPSA) is 66.2 Å². The molecule has 0 atom stereocenters. The van der Waals surface area contributed by atoms with E-state index in [9.17, 15) is 10.2 Å². The number of rotatable bonds is 4. The molecule has 1 heterocycles. The van der Waals surface area contributed by atoms with Crippen LogP contribution in [0.4, 0.5) is 0 Å². The van der Waals surface area contributed by atoms with Crippen molar-refractivity contribution >= 4 is 0 Å². The Hall–Kier alpha value is -3.56. The van der Waals surface area contributed by atoms with Crippen LogP contribution in [-0.2, 0) is 47.9 Å². The van der Waals surface area contributed by atoms with Crippen LogP contribution < -0.4 is 0 Å². The second kappa shape index (κ2) is 15.6. The average molecular weight is 762 g/mol. The van der Waals surface area contributed by atoms with Gasteiger partial charge in [0.25, 0.3) is 0 Å². The molecule has 5 heteroatoms. The standard InChI is InChI=1S/C44H52N2O2.2CH3.Zr/c1-41(2,3)27-21-33(39(47)35(23-27)43(7,8)9)29-17-13-15-19-31(29)37-25-45-26-38(46-37)32-20-16-14-18-30(32)34-22-28(42(4,5)6)24-36(40(34)48)44(10,11)12;;;/h13-26,47-48H,1-12H3;2*1H3;/q;2*-1;. The van der Waals surface area contributed by atoms with Crippen LogP contribution in [-0.4, -0.2) is 20.2 Å². The van der Waals surface area contributed by atoms with Gasteiger partial charge in [-0.1, -0.05) is 144 Å². The summed E-state index contributed by atoms with van der Waals surface area (Å²) in [6.45, 7) is 26.0. The fourth-order valence-corrected chi connectivity index (χ4v) is 6.20. The van der Waals surface area contributed by atoms with E-state index >= 15 is 0 Å². The Morgan fingerprint density at radius 3 is 1.04 bits per heavy atom. The number of hydrogen-bond donors (Lipinski definition) is 2. The molecular formula is C46H58N2O2Zr-2. The Labute approximate surface area is 328 Å². The Kier molecular flexibility index (Phi) is 13.3. The zero-order valence-corrected chi connectivity index (χ0v) is 35.8. The Balaban J connectivity index is 0.00000300. The molecule has 0 fully saturated rings. The van der Waals surface area contributed by atoms with Crippen molar-refractivity contribution in [2.75, 3.05) is 0 Å². The number of aromatic nitrogens is 2. The minimum absolute atomic E-state index is 0. The van der Waals surface area contributed by atoms with Crippen LogP contribution in [0.25, 0.3) is 44.8 Å². The molecule has 270 valence electrons. The van der Waals surface area contributed by atoms with E-state index in [0.717, 1.165) is 55.6 Å². The SMILES string of the molecule is CC(C)(C)c1cc(-c2ccccc2-c2cncc(-c3ccccc3-c3cc(C(C)(C)C)cc(C(C)(C)C)c3O)n2)c(O)c(C(C)(C)C)c1.[CH3-].[CH3-].[Zr]. The van der Waals surface area contributed by atoms with E-state index in [1.165, 1.54) is 0 Å². The fourth-order valence-electron chi connectivity index (χ4n) is 6.20. The first-order chi connectivity index (χ1) is 22.2. The van der Waals surface area contributed by atoms with Gasteiger partial charge in [-0.25, -0.2) is 4.98 Å². The average Bonchev–Trinajstić information content (AvgIpc) is 2.99. The maximum atomic E-state index is 11.8. The Bertz CT molecular complexity index is 1840. The van der Waals surface area contributed by atoms with Crippen molar-refractivity contribution in [2.24, 2.45) is 0 Å². The number of hydrogen-bond acceptors (Lipinski definition) is 4. The van der Waals surface area contributed by atoms with Gasteiger partial charge in [0.2, 0.25) is 0 Å². The molecule has 4 nitrogen and oxygen atoms in total. The van der Waals surface area contributed by atoms with Crippen molar-refractivity contribution in [1.29, 1.82) is 0 Å². The molecule has 0 aliphatic rings. The monoisotopic (exact) mass is 760 g/mol. The van der Waals surface area contributed by atoms with Gasteiger partial charge in [-0.2, -0.15) is 0 Å². The van der Waals surface area contributed by atoms with Crippen LogP contribution in [0.3, 0.4) is 0 Å². The molecule has 1 aromatic heterocycles. The number of nitrogens with zero attached hydrogens (tertiary/aromatic N) is 2. The van der Waals surface area contributed by atoms with Gasteiger partial charge in [0.15, 0.2) is 0 Å². The summed E-state index contributed by atoms with van der Waals surface area (Å²) in [5.41, 5.74) is 10.0. The van der Waals surface area contributed by atoms with E-state index in [-0.39, 0.29) is 62.7 Å². The van der Waals surface area contributed by atoms with E-state index in [0.29, 0.717) is 22.9 Å². The minimum atomic E-state index is -0.249. The zero-order chi connectivity index (χ0) is 35.4. The van der Waals surface area contributed by atoms with Crippen LogP contribution in [0.5, 0.6) is 11.5 Å². The molecule has 51 heavy (non-hydrogen) atoms. The first-order valence-corrected chi connectivity index (χ1v) is 17.0. The van der Waals surface area contributed by atoms with Crippen LogP contribution in [0.1, 0.15) is 105 Å². The molecule has 0 spiro atoms. The zero-order valence-electron chi connectivity index (χ0n) is 33.4. The summed E-state index contributed by atoms with van der Waals surface area (Å²) >= 11 is 0. The van der Waals surface area contributed by atoms with Gasteiger partial charge in [-0.05, 0) is 56.0 Å². The maximum Gasteiger partial charge on any atom is 0.127 e. The quantitative estimate of drug-likeness (QED) is 0.179. The van der Waals surface area contributed by atoms with E-state index in [1.807, 2.05) is 36.4 Å². The molecule has 0 radical (unpaired) electrons. The fraction of sp³-hybridized carbons (Fsp3) is 0.348. The molecule has 0 aliphatic carbocycles. The van der Waals surface area contributed by atoms with Gasteiger partial charge in [0.05, 0.1) is 23.8 Å². The van der Waals surface area contributed by atoms with Crippen LogP contribution in [0, 0.1) is 14.9 Å². The van der Waals surface area contributed by atoms with Gasteiger partial charge in [0.1, 0.15) is 11.5 Å². The predicted octanol–water partition coefficient (Wildman–Crippen LogP) is 12.6. The number of phenols is 2. The summed E-state index contributed by atoms with van der Waals surface area (Å²) in [5, 5.41) is 23.5. The molecule has 0 unspecified atom stereocenters. The molecule has 0 bridgehead atoms. The number of benzene rings is 4. The first-order valence-electron chi connectivity index (χ1n) is 17.0. The number of phenolic OH excluding ortho intramolecular Hbond substituents is 2. The van der Waals surface area contributed by atoms with E-state index < -0.39 is 0 Å². The molecule has 5 rings (SSSR count). The first kappa shape index (κ1) is 43.6.